The van der Waals surface area contributed by atoms with Crippen molar-refractivity contribution in [3.63, 3.8) is 0 Å². The minimum absolute atomic E-state index is 0.242. The third kappa shape index (κ3) is 2.31. The van der Waals surface area contributed by atoms with E-state index in [1.54, 1.807) is 0 Å². The first-order valence-electron chi connectivity index (χ1n) is 6.79. The highest BCUT2D eigenvalue weighted by Gasteiger charge is 2.20. The SMILES string of the molecule is Cn1c(N2CCN(CCO)CC2)nc2ccccc21. The zero-order valence-electron chi connectivity index (χ0n) is 11.3. The maximum absolute atomic E-state index is 8.97. The van der Waals surface area contributed by atoms with Gasteiger partial charge >= 0.3 is 0 Å². The molecule has 0 aliphatic carbocycles. The lowest BCUT2D eigenvalue weighted by atomic mass is 10.3. The Bertz CT molecular complexity index is 558. The molecule has 2 heterocycles. The average molecular weight is 260 g/mol. The lowest BCUT2D eigenvalue weighted by molar-refractivity contribution is 0.188. The molecular formula is C14H20N4O. The lowest BCUT2D eigenvalue weighted by Gasteiger charge is -2.34. The smallest absolute Gasteiger partial charge is 0.206 e. The zero-order chi connectivity index (χ0) is 13.2. The number of hydrogen-bond donors (Lipinski definition) is 1. The molecule has 1 aliphatic heterocycles. The molecule has 0 atom stereocenters. The molecule has 1 saturated heterocycles. The van der Waals surface area contributed by atoms with E-state index >= 15 is 0 Å². The van der Waals surface area contributed by atoms with E-state index in [0.717, 1.165) is 44.2 Å². The maximum atomic E-state index is 8.97. The highest BCUT2D eigenvalue weighted by Crippen LogP contribution is 2.21. The highest BCUT2D eigenvalue weighted by molar-refractivity contribution is 5.78. The summed E-state index contributed by atoms with van der Waals surface area (Å²) in [6.45, 7) is 4.94. The quantitative estimate of drug-likeness (QED) is 0.882. The van der Waals surface area contributed by atoms with Gasteiger partial charge in [0.15, 0.2) is 0 Å². The van der Waals surface area contributed by atoms with Gasteiger partial charge in [0.1, 0.15) is 0 Å². The molecule has 19 heavy (non-hydrogen) atoms. The molecule has 1 aromatic carbocycles. The predicted octanol–water partition coefficient (Wildman–Crippen LogP) is 0.688. The number of rotatable bonds is 3. The van der Waals surface area contributed by atoms with Gasteiger partial charge in [-0.3, -0.25) is 4.90 Å². The molecule has 5 heteroatoms. The number of nitrogens with zero attached hydrogens (tertiary/aromatic N) is 4. The number of imidazole rings is 1. The van der Waals surface area contributed by atoms with Crippen LogP contribution in [0.15, 0.2) is 24.3 Å². The van der Waals surface area contributed by atoms with E-state index in [9.17, 15) is 0 Å². The molecule has 0 spiro atoms. The minimum Gasteiger partial charge on any atom is -0.395 e. The first-order valence-corrected chi connectivity index (χ1v) is 6.79. The van der Waals surface area contributed by atoms with Crippen molar-refractivity contribution in [3.8, 4) is 0 Å². The van der Waals surface area contributed by atoms with Gasteiger partial charge in [-0.2, -0.15) is 0 Å². The summed E-state index contributed by atoms with van der Waals surface area (Å²) >= 11 is 0. The Morgan fingerprint density at radius 2 is 1.89 bits per heavy atom. The van der Waals surface area contributed by atoms with Crippen LogP contribution in [0.4, 0.5) is 5.95 Å². The van der Waals surface area contributed by atoms with Gasteiger partial charge in [-0.1, -0.05) is 12.1 Å². The third-order valence-corrected chi connectivity index (χ3v) is 3.83. The van der Waals surface area contributed by atoms with Crippen LogP contribution in [0, 0.1) is 0 Å². The number of hydrogen-bond acceptors (Lipinski definition) is 4. The molecule has 0 saturated carbocycles. The summed E-state index contributed by atoms with van der Waals surface area (Å²) < 4.78 is 2.16. The van der Waals surface area contributed by atoms with E-state index < -0.39 is 0 Å². The van der Waals surface area contributed by atoms with Crippen LogP contribution >= 0.6 is 0 Å². The molecule has 1 N–H and O–H groups in total. The number of aliphatic hydroxyl groups is 1. The van der Waals surface area contributed by atoms with E-state index in [4.69, 9.17) is 10.1 Å². The number of aryl methyl sites for hydroxylation is 1. The number of benzene rings is 1. The fourth-order valence-electron chi connectivity index (χ4n) is 2.73. The van der Waals surface area contributed by atoms with Gasteiger partial charge in [-0.05, 0) is 12.1 Å². The Morgan fingerprint density at radius 3 is 2.58 bits per heavy atom. The van der Waals surface area contributed by atoms with Crippen molar-refractivity contribution in [2.24, 2.45) is 7.05 Å². The summed E-state index contributed by atoms with van der Waals surface area (Å²) in [4.78, 5) is 9.35. The second-order valence-corrected chi connectivity index (χ2v) is 5.01. The second-order valence-electron chi connectivity index (χ2n) is 5.01. The van der Waals surface area contributed by atoms with E-state index in [1.807, 2.05) is 12.1 Å². The summed E-state index contributed by atoms with van der Waals surface area (Å²) in [6.07, 6.45) is 0. The van der Waals surface area contributed by atoms with Crippen LogP contribution in [-0.4, -0.2) is 58.9 Å². The van der Waals surface area contributed by atoms with Crippen molar-refractivity contribution >= 4 is 17.0 Å². The summed E-state index contributed by atoms with van der Waals surface area (Å²) in [5, 5.41) is 8.97. The Hall–Kier alpha value is -1.59. The van der Waals surface area contributed by atoms with Crippen molar-refractivity contribution in [2.45, 2.75) is 0 Å². The maximum Gasteiger partial charge on any atom is 0.206 e. The van der Waals surface area contributed by atoms with Crippen molar-refractivity contribution in [1.29, 1.82) is 0 Å². The molecule has 3 rings (SSSR count). The molecule has 102 valence electrons. The van der Waals surface area contributed by atoms with Gasteiger partial charge in [-0.15, -0.1) is 0 Å². The first-order chi connectivity index (χ1) is 9.29. The Kier molecular flexibility index (Phi) is 3.40. The zero-order valence-corrected chi connectivity index (χ0v) is 11.3. The van der Waals surface area contributed by atoms with Gasteiger partial charge in [0.05, 0.1) is 17.6 Å². The molecule has 1 aliphatic rings. The lowest BCUT2D eigenvalue weighted by Crippen LogP contribution is -2.47. The van der Waals surface area contributed by atoms with Crippen LogP contribution in [0.1, 0.15) is 0 Å². The van der Waals surface area contributed by atoms with Gasteiger partial charge in [0.25, 0.3) is 0 Å². The molecule has 5 nitrogen and oxygen atoms in total. The van der Waals surface area contributed by atoms with E-state index in [-0.39, 0.29) is 6.61 Å². The Morgan fingerprint density at radius 1 is 1.16 bits per heavy atom. The topological polar surface area (TPSA) is 44.5 Å². The fourth-order valence-corrected chi connectivity index (χ4v) is 2.73. The molecule has 0 bridgehead atoms. The molecular weight excluding hydrogens is 240 g/mol. The third-order valence-electron chi connectivity index (χ3n) is 3.83. The number of aromatic nitrogens is 2. The number of β-amino-alcohol motifs (C(OH)–C–C–N with tert-alkyl or cyclic N) is 1. The number of fused-ring (bicyclic) bond motifs is 1. The van der Waals surface area contributed by atoms with Gasteiger partial charge in [0.2, 0.25) is 5.95 Å². The number of anilines is 1. The fraction of sp³-hybridized carbons (Fsp3) is 0.500. The molecule has 1 fully saturated rings. The van der Waals surface area contributed by atoms with Crippen molar-refractivity contribution in [2.75, 3.05) is 44.2 Å². The molecule has 0 amide bonds. The number of piperazine rings is 1. The first kappa shape index (κ1) is 12.4. The average Bonchev–Trinajstić information content (AvgIpc) is 2.78. The van der Waals surface area contributed by atoms with Crippen molar-refractivity contribution < 1.29 is 5.11 Å². The van der Waals surface area contributed by atoms with E-state index in [1.165, 1.54) is 5.52 Å². The summed E-state index contributed by atoms with van der Waals surface area (Å²) in [7, 11) is 2.07. The summed E-state index contributed by atoms with van der Waals surface area (Å²) in [5.74, 6) is 1.05. The van der Waals surface area contributed by atoms with E-state index in [2.05, 4.69) is 33.5 Å². The predicted molar refractivity (Wildman–Crippen MR) is 76.5 cm³/mol. The van der Waals surface area contributed by atoms with Crippen LogP contribution in [0.25, 0.3) is 11.0 Å². The van der Waals surface area contributed by atoms with Crippen LogP contribution < -0.4 is 4.90 Å². The largest absolute Gasteiger partial charge is 0.395 e. The van der Waals surface area contributed by atoms with Gasteiger partial charge in [-0.25, -0.2) is 4.98 Å². The second kappa shape index (κ2) is 5.19. The molecule has 2 aromatic rings. The van der Waals surface area contributed by atoms with Gasteiger partial charge in [0, 0.05) is 39.8 Å². The van der Waals surface area contributed by atoms with Crippen LogP contribution in [0.3, 0.4) is 0 Å². The monoisotopic (exact) mass is 260 g/mol. The van der Waals surface area contributed by atoms with E-state index in [0.29, 0.717) is 0 Å². The number of aliphatic hydroxyl groups excluding tert-OH is 1. The highest BCUT2D eigenvalue weighted by atomic mass is 16.3. The molecule has 0 radical (unpaired) electrons. The number of para-hydroxylation sites is 2. The molecule has 1 aromatic heterocycles. The van der Waals surface area contributed by atoms with Crippen molar-refractivity contribution in [1.82, 2.24) is 14.5 Å². The Balaban J connectivity index is 1.80. The minimum atomic E-state index is 0.242. The van der Waals surface area contributed by atoms with Gasteiger partial charge < -0.3 is 14.6 Å². The van der Waals surface area contributed by atoms with Crippen LogP contribution in [-0.2, 0) is 7.05 Å². The Labute approximate surface area is 113 Å². The summed E-state index contributed by atoms with van der Waals surface area (Å²) in [5.41, 5.74) is 2.23. The van der Waals surface area contributed by atoms with Crippen LogP contribution in [0.2, 0.25) is 0 Å². The van der Waals surface area contributed by atoms with Crippen molar-refractivity contribution in [3.05, 3.63) is 24.3 Å². The normalized spacial score (nSPS) is 17.3. The molecule has 0 unspecified atom stereocenters. The summed E-state index contributed by atoms with van der Waals surface area (Å²) in [6, 6.07) is 8.24. The standard InChI is InChI=1S/C14H20N4O/c1-16-13-5-3-2-4-12(13)15-14(16)18-8-6-17(7-9-18)10-11-19/h2-5,19H,6-11H2,1H3. The van der Waals surface area contributed by atoms with Crippen LogP contribution in [0.5, 0.6) is 0 Å².